The van der Waals surface area contributed by atoms with Gasteiger partial charge >= 0.3 is 0 Å². The molecule has 1 heterocycles. The number of hydrogen-bond donors (Lipinski definition) is 1. The summed E-state index contributed by atoms with van der Waals surface area (Å²) in [5.74, 6) is 0.941. The van der Waals surface area contributed by atoms with Crippen LogP contribution in [0, 0.1) is 6.92 Å². The van der Waals surface area contributed by atoms with Crippen LogP contribution < -0.4 is 10.5 Å². The van der Waals surface area contributed by atoms with E-state index < -0.39 is 0 Å². The Morgan fingerprint density at radius 3 is 2.86 bits per heavy atom. The maximum Gasteiger partial charge on any atom is 0.141 e. The number of benzene rings is 1. The fourth-order valence-electron chi connectivity index (χ4n) is 1.64. The molecule has 0 unspecified atom stereocenters. The number of nitrogens with two attached hydrogens (primary N) is 1. The maximum absolute atomic E-state index is 5.67. The Morgan fingerprint density at radius 1 is 1.43 bits per heavy atom. The van der Waals surface area contributed by atoms with Crippen LogP contribution in [0.15, 0.2) is 18.2 Å². The van der Waals surface area contributed by atoms with E-state index in [0.29, 0.717) is 6.54 Å². The summed E-state index contributed by atoms with van der Waals surface area (Å²) < 4.78 is 6.66. The van der Waals surface area contributed by atoms with Gasteiger partial charge in [-0.2, -0.15) is 0 Å². The third-order valence-corrected chi connectivity index (χ3v) is 3.67. The van der Waals surface area contributed by atoms with Crippen LogP contribution in [0.2, 0.25) is 0 Å². The van der Waals surface area contributed by atoms with E-state index in [-0.39, 0.29) is 0 Å². The zero-order chi connectivity index (χ0) is 10.1. The van der Waals surface area contributed by atoms with Crippen LogP contribution in [0.1, 0.15) is 10.4 Å². The average Bonchev–Trinajstić information content (AvgIpc) is 2.57. The summed E-state index contributed by atoms with van der Waals surface area (Å²) >= 11 is 1.73. The van der Waals surface area contributed by atoms with Crippen molar-refractivity contribution >= 4 is 21.4 Å². The van der Waals surface area contributed by atoms with E-state index in [0.717, 1.165) is 10.6 Å². The van der Waals surface area contributed by atoms with Gasteiger partial charge in [-0.15, -0.1) is 11.3 Å². The zero-order valence-corrected chi connectivity index (χ0v) is 9.15. The van der Waals surface area contributed by atoms with Crippen molar-refractivity contribution in [1.29, 1.82) is 0 Å². The smallest absolute Gasteiger partial charge is 0.141 e. The minimum Gasteiger partial charge on any atom is -0.495 e. The van der Waals surface area contributed by atoms with Crippen molar-refractivity contribution in [3.63, 3.8) is 0 Å². The summed E-state index contributed by atoms with van der Waals surface area (Å²) in [6.07, 6.45) is 0. The van der Waals surface area contributed by atoms with Gasteiger partial charge in [0.2, 0.25) is 0 Å². The van der Waals surface area contributed by atoms with Gasteiger partial charge in [0.15, 0.2) is 0 Å². The summed E-state index contributed by atoms with van der Waals surface area (Å²) in [4.78, 5) is 1.12. The van der Waals surface area contributed by atoms with Crippen LogP contribution in [0.5, 0.6) is 5.75 Å². The molecule has 0 atom stereocenters. The monoisotopic (exact) mass is 207 g/mol. The lowest BCUT2D eigenvalue weighted by Gasteiger charge is -2.00. The number of aryl methyl sites for hydroxylation is 1. The minimum absolute atomic E-state index is 0.544. The van der Waals surface area contributed by atoms with Gasteiger partial charge in [0.1, 0.15) is 5.75 Å². The van der Waals surface area contributed by atoms with Crippen LogP contribution in [0.25, 0.3) is 10.1 Å². The zero-order valence-electron chi connectivity index (χ0n) is 8.33. The van der Waals surface area contributed by atoms with E-state index in [2.05, 4.69) is 19.1 Å². The van der Waals surface area contributed by atoms with Crippen molar-refractivity contribution in [3.8, 4) is 5.75 Å². The molecule has 0 aliphatic heterocycles. The van der Waals surface area contributed by atoms with Crippen LogP contribution in [0.4, 0.5) is 0 Å². The predicted molar refractivity (Wildman–Crippen MR) is 61.0 cm³/mol. The summed E-state index contributed by atoms with van der Waals surface area (Å²) in [5.41, 5.74) is 6.95. The molecule has 14 heavy (non-hydrogen) atoms. The molecule has 2 N–H and O–H groups in total. The SMILES string of the molecule is COc1c(CN)sc2c(C)cccc12. The third-order valence-electron chi connectivity index (χ3n) is 2.32. The van der Waals surface area contributed by atoms with Crippen molar-refractivity contribution in [2.24, 2.45) is 5.73 Å². The Hall–Kier alpha value is -1.06. The third kappa shape index (κ3) is 1.29. The van der Waals surface area contributed by atoms with E-state index in [1.54, 1.807) is 18.4 Å². The quantitative estimate of drug-likeness (QED) is 0.821. The molecule has 1 aromatic carbocycles. The molecule has 74 valence electrons. The molecular weight excluding hydrogens is 194 g/mol. The number of hydrogen-bond acceptors (Lipinski definition) is 3. The van der Waals surface area contributed by atoms with Gasteiger partial charge < -0.3 is 10.5 Å². The Balaban J connectivity index is 2.79. The fourth-order valence-corrected chi connectivity index (χ4v) is 2.76. The van der Waals surface area contributed by atoms with Gasteiger partial charge in [-0.1, -0.05) is 12.1 Å². The van der Waals surface area contributed by atoms with E-state index in [1.807, 2.05) is 6.07 Å². The highest BCUT2D eigenvalue weighted by molar-refractivity contribution is 7.19. The largest absolute Gasteiger partial charge is 0.495 e. The molecule has 1 aromatic heterocycles. The van der Waals surface area contributed by atoms with Crippen LogP contribution in [0.3, 0.4) is 0 Å². The number of rotatable bonds is 2. The molecule has 0 aliphatic rings. The van der Waals surface area contributed by atoms with Crippen molar-refractivity contribution in [2.75, 3.05) is 7.11 Å². The first-order valence-corrected chi connectivity index (χ1v) is 5.34. The second-order valence-corrected chi connectivity index (χ2v) is 4.32. The first kappa shape index (κ1) is 9.49. The maximum atomic E-state index is 5.67. The highest BCUT2D eigenvalue weighted by atomic mass is 32.1. The first-order valence-electron chi connectivity index (χ1n) is 4.53. The molecular formula is C11H13NOS. The minimum atomic E-state index is 0.544. The fraction of sp³-hybridized carbons (Fsp3) is 0.273. The van der Waals surface area contributed by atoms with Crippen molar-refractivity contribution in [1.82, 2.24) is 0 Å². The predicted octanol–water partition coefficient (Wildman–Crippen LogP) is 2.68. The Labute approximate surface area is 87.3 Å². The molecule has 2 nitrogen and oxygen atoms in total. The van der Waals surface area contributed by atoms with Crippen molar-refractivity contribution in [2.45, 2.75) is 13.5 Å². The first-order chi connectivity index (χ1) is 6.77. The normalized spacial score (nSPS) is 10.8. The van der Waals surface area contributed by atoms with Gasteiger partial charge in [0, 0.05) is 16.6 Å². The lowest BCUT2D eigenvalue weighted by Crippen LogP contribution is -1.95. The highest BCUT2D eigenvalue weighted by Gasteiger charge is 2.11. The summed E-state index contributed by atoms with van der Waals surface area (Å²) in [6, 6.07) is 6.24. The van der Waals surface area contributed by atoms with Gasteiger partial charge in [0.05, 0.1) is 12.0 Å². The summed E-state index contributed by atoms with van der Waals surface area (Å²) in [7, 11) is 1.70. The highest BCUT2D eigenvalue weighted by Crippen LogP contribution is 2.38. The molecule has 0 spiro atoms. The number of thiophene rings is 1. The number of ether oxygens (including phenoxy) is 1. The Bertz CT molecular complexity index is 462. The molecule has 2 aromatic rings. The van der Waals surface area contributed by atoms with E-state index in [1.165, 1.54) is 15.6 Å². The molecule has 0 amide bonds. The van der Waals surface area contributed by atoms with E-state index in [9.17, 15) is 0 Å². The molecule has 0 radical (unpaired) electrons. The molecule has 0 fully saturated rings. The second-order valence-electron chi connectivity index (χ2n) is 3.21. The summed E-state index contributed by atoms with van der Waals surface area (Å²) in [6.45, 7) is 2.65. The van der Waals surface area contributed by atoms with E-state index in [4.69, 9.17) is 10.5 Å². The van der Waals surface area contributed by atoms with Crippen molar-refractivity contribution < 1.29 is 4.74 Å². The topological polar surface area (TPSA) is 35.2 Å². The summed E-state index contributed by atoms with van der Waals surface area (Å²) in [5, 5.41) is 1.18. The molecule has 0 aliphatic carbocycles. The Kier molecular flexibility index (Phi) is 2.44. The molecule has 3 heteroatoms. The average molecular weight is 207 g/mol. The van der Waals surface area contributed by atoms with Gasteiger partial charge in [0.25, 0.3) is 0 Å². The molecule has 2 rings (SSSR count). The molecule has 0 saturated carbocycles. The van der Waals surface area contributed by atoms with Gasteiger partial charge in [-0.05, 0) is 18.6 Å². The van der Waals surface area contributed by atoms with E-state index >= 15 is 0 Å². The van der Waals surface area contributed by atoms with Crippen molar-refractivity contribution in [3.05, 3.63) is 28.6 Å². The lowest BCUT2D eigenvalue weighted by atomic mass is 10.1. The molecule has 0 bridgehead atoms. The van der Waals surface area contributed by atoms with Gasteiger partial charge in [-0.25, -0.2) is 0 Å². The van der Waals surface area contributed by atoms with Gasteiger partial charge in [-0.3, -0.25) is 0 Å². The number of methoxy groups -OCH3 is 1. The molecule has 0 saturated heterocycles. The second kappa shape index (κ2) is 3.59. The van der Waals surface area contributed by atoms with Crippen LogP contribution in [-0.4, -0.2) is 7.11 Å². The Morgan fingerprint density at radius 2 is 2.21 bits per heavy atom. The number of fused-ring (bicyclic) bond motifs is 1. The lowest BCUT2D eigenvalue weighted by molar-refractivity contribution is 0.417. The standard InChI is InChI=1S/C11H13NOS/c1-7-4-3-5-8-10(13-2)9(6-12)14-11(7)8/h3-5H,6,12H2,1-2H3. The van der Waals surface area contributed by atoms with Crippen LogP contribution in [-0.2, 0) is 6.54 Å². The van der Waals surface area contributed by atoms with Crippen LogP contribution >= 0.6 is 11.3 Å².